The van der Waals surface area contributed by atoms with Gasteiger partial charge in [0.05, 0.1) is 10.6 Å². The number of cyclic esters (lactones) is 1. The van der Waals surface area contributed by atoms with Crippen molar-refractivity contribution in [1.29, 1.82) is 0 Å². The lowest BCUT2D eigenvalue weighted by Gasteiger charge is -2.35. The van der Waals surface area contributed by atoms with E-state index in [1.165, 1.54) is 6.07 Å². The Balaban J connectivity index is 2.25. The summed E-state index contributed by atoms with van der Waals surface area (Å²) >= 11 is 1.13. The van der Waals surface area contributed by atoms with Crippen LogP contribution < -0.4 is 5.32 Å². The van der Waals surface area contributed by atoms with E-state index in [-0.39, 0.29) is 5.69 Å². The van der Waals surface area contributed by atoms with Gasteiger partial charge in [0.25, 0.3) is 5.60 Å². The summed E-state index contributed by atoms with van der Waals surface area (Å²) in [7, 11) is 0. The van der Waals surface area contributed by atoms with Crippen LogP contribution in [0.5, 0.6) is 0 Å². The van der Waals surface area contributed by atoms with Gasteiger partial charge in [-0.25, -0.2) is 9.18 Å². The van der Waals surface area contributed by atoms with E-state index < -0.39 is 29.3 Å². The summed E-state index contributed by atoms with van der Waals surface area (Å²) < 4.78 is 59.0. The first-order valence-corrected chi connectivity index (χ1v) is 7.13. The third kappa shape index (κ3) is 2.64. The maximum absolute atomic E-state index is 13.7. The molecule has 1 aliphatic rings. The summed E-state index contributed by atoms with van der Waals surface area (Å²) in [5.41, 5.74) is -4.01. The topological polar surface area (TPSA) is 38.3 Å². The van der Waals surface area contributed by atoms with E-state index in [1.54, 1.807) is 11.4 Å². The minimum absolute atomic E-state index is 0.194. The number of alkyl halides is 3. The Hall–Kier alpha value is -2.53. The molecule has 3 rings (SSSR count). The summed E-state index contributed by atoms with van der Waals surface area (Å²) in [5, 5.41) is 3.76. The van der Waals surface area contributed by atoms with Crippen LogP contribution in [-0.4, -0.2) is 12.3 Å². The Kier molecular flexibility index (Phi) is 3.53. The molecule has 0 spiro atoms. The van der Waals surface area contributed by atoms with Gasteiger partial charge in [-0.1, -0.05) is 12.0 Å². The molecule has 2 heterocycles. The van der Waals surface area contributed by atoms with Gasteiger partial charge in [0.15, 0.2) is 0 Å². The lowest BCUT2D eigenvalue weighted by atomic mass is 9.90. The second kappa shape index (κ2) is 5.28. The number of nitrogens with one attached hydrogen (secondary N) is 1. The molecule has 0 radical (unpaired) electrons. The number of fused-ring (bicyclic) bond motifs is 1. The SMILES string of the molecule is O=C1Nc2ccc(F)cc2C(C#Cc2cccs2)(C(F)(F)F)O1. The van der Waals surface area contributed by atoms with E-state index in [2.05, 4.69) is 16.0 Å². The molecule has 0 fully saturated rings. The van der Waals surface area contributed by atoms with Crippen molar-refractivity contribution in [2.24, 2.45) is 0 Å². The van der Waals surface area contributed by atoms with Crippen molar-refractivity contribution in [3.8, 4) is 11.8 Å². The molecule has 0 aliphatic carbocycles. The summed E-state index contributed by atoms with van der Waals surface area (Å²) in [5.74, 6) is 3.43. The van der Waals surface area contributed by atoms with E-state index in [9.17, 15) is 22.4 Å². The Morgan fingerprint density at radius 3 is 2.70 bits per heavy atom. The van der Waals surface area contributed by atoms with Crippen molar-refractivity contribution in [3.63, 3.8) is 0 Å². The number of anilines is 1. The second-order valence-electron chi connectivity index (χ2n) is 4.61. The van der Waals surface area contributed by atoms with Gasteiger partial charge in [0.2, 0.25) is 0 Å². The predicted octanol–water partition coefficient (Wildman–Crippen LogP) is 4.26. The van der Waals surface area contributed by atoms with Gasteiger partial charge in [-0.3, -0.25) is 5.32 Å². The maximum Gasteiger partial charge on any atom is 0.445 e. The fraction of sp³-hybridized carbons (Fsp3) is 0.133. The van der Waals surface area contributed by atoms with Crippen LogP contribution in [0.25, 0.3) is 0 Å². The third-order valence-corrected chi connectivity index (χ3v) is 3.91. The average Bonchev–Trinajstić information content (AvgIpc) is 2.97. The van der Waals surface area contributed by atoms with Crippen LogP contribution in [0.15, 0.2) is 35.7 Å². The largest absolute Gasteiger partial charge is 0.445 e. The molecule has 1 amide bonds. The smallest absolute Gasteiger partial charge is 0.415 e. The van der Waals surface area contributed by atoms with Crippen LogP contribution in [0.1, 0.15) is 10.4 Å². The minimum Gasteiger partial charge on any atom is -0.415 e. The number of ether oxygens (including phenoxy) is 1. The minimum atomic E-state index is -5.04. The molecule has 2 aromatic rings. The zero-order chi connectivity index (χ0) is 16.7. The van der Waals surface area contributed by atoms with Gasteiger partial charge in [-0.15, -0.1) is 11.3 Å². The Morgan fingerprint density at radius 2 is 2.04 bits per heavy atom. The predicted molar refractivity (Wildman–Crippen MR) is 75.4 cm³/mol. The number of benzene rings is 1. The van der Waals surface area contributed by atoms with Crippen molar-refractivity contribution in [2.45, 2.75) is 11.8 Å². The summed E-state index contributed by atoms with van der Waals surface area (Å²) in [4.78, 5) is 11.9. The average molecular weight is 341 g/mol. The molecule has 0 saturated heterocycles. The fourth-order valence-corrected chi connectivity index (χ4v) is 2.69. The van der Waals surface area contributed by atoms with Crippen molar-refractivity contribution >= 4 is 23.1 Å². The summed E-state index contributed by atoms with van der Waals surface area (Å²) in [6, 6.07) is 5.79. The molecule has 118 valence electrons. The zero-order valence-corrected chi connectivity index (χ0v) is 12.0. The molecular weight excluding hydrogens is 334 g/mol. The first-order chi connectivity index (χ1) is 10.8. The maximum atomic E-state index is 13.7. The Bertz CT molecular complexity index is 820. The van der Waals surface area contributed by atoms with E-state index >= 15 is 0 Å². The second-order valence-corrected chi connectivity index (χ2v) is 5.56. The number of hydrogen-bond donors (Lipinski definition) is 1. The fourth-order valence-electron chi connectivity index (χ4n) is 2.12. The van der Waals surface area contributed by atoms with E-state index in [0.717, 1.165) is 23.5 Å². The zero-order valence-electron chi connectivity index (χ0n) is 11.2. The van der Waals surface area contributed by atoms with Gasteiger partial charge >= 0.3 is 12.3 Å². The highest BCUT2D eigenvalue weighted by atomic mass is 32.1. The molecule has 1 atom stereocenters. The normalized spacial score (nSPS) is 19.9. The lowest BCUT2D eigenvalue weighted by molar-refractivity contribution is -0.239. The van der Waals surface area contributed by atoms with Gasteiger partial charge in [-0.2, -0.15) is 13.2 Å². The highest BCUT2D eigenvalue weighted by Gasteiger charge is 2.62. The molecule has 3 nitrogen and oxygen atoms in total. The Labute approximate surface area is 131 Å². The van der Waals surface area contributed by atoms with E-state index in [1.807, 2.05) is 5.92 Å². The van der Waals surface area contributed by atoms with Crippen LogP contribution in [0.4, 0.5) is 28.0 Å². The number of carbonyl (C=O) groups is 1. The molecule has 23 heavy (non-hydrogen) atoms. The van der Waals surface area contributed by atoms with E-state index in [0.29, 0.717) is 10.9 Å². The first kappa shape index (κ1) is 15.4. The van der Waals surface area contributed by atoms with Crippen LogP contribution in [0, 0.1) is 17.7 Å². The van der Waals surface area contributed by atoms with Crippen LogP contribution in [-0.2, 0) is 10.3 Å². The molecule has 1 aliphatic heterocycles. The Morgan fingerprint density at radius 1 is 1.26 bits per heavy atom. The molecule has 0 bridgehead atoms. The van der Waals surface area contributed by atoms with Crippen LogP contribution in [0.3, 0.4) is 0 Å². The standard InChI is InChI=1S/C15H7F4NO2S/c16-9-3-4-12-11(8-9)14(15(17,18)19,22-13(21)20-12)6-5-10-2-1-7-23-10/h1-4,7-8H,(H,20,21). The van der Waals surface area contributed by atoms with Crippen LogP contribution in [0.2, 0.25) is 0 Å². The molecule has 1 N–H and O–H groups in total. The monoisotopic (exact) mass is 341 g/mol. The first-order valence-electron chi connectivity index (χ1n) is 6.25. The number of thiophene rings is 1. The summed E-state index contributed by atoms with van der Waals surface area (Å²) in [6.07, 6.45) is -6.35. The molecule has 8 heteroatoms. The highest BCUT2D eigenvalue weighted by molar-refractivity contribution is 7.10. The van der Waals surface area contributed by atoms with Gasteiger partial charge in [0, 0.05) is 5.56 Å². The van der Waals surface area contributed by atoms with E-state index in [4.69, 9.17) is 0 Å². The van der Waals surface area contributed by atoms with Crippen molar-refractivity contribution in [2.75, 3.05) is 5.32 Å². The number of halogens is 4. The molecule has 0 saturated carbocycles. The molecule has 1 unspecified atom stereocenters. The van der Waals surface area contributed by atoms with Crippen molar-refractivity contribution in [1.82, 2.24) is 0 Å². The van der Waals surface area contributed by atoms with Crippen LogP contribution >= 0.6 is 11.3 Å². The summed E-state index contributed by atoms with van der Waals surface area (Å²) in [6.45, 7) is 0. The number of hydrogen-bond acceptors (Lipinski definition) is 3. The molecular formula is C15H7F4NO2S. The molecule has 1 aromatic heterocycles. The third-order valence-electron chi connectivity index (χ3n) is 3.13. The van der Waals surface area contributed by atoms with Gasteiger partial charge < -0.3 is 4.74 Å². The quantitative estimate of drug-likeness (QED) is 0.574. The van der Waals surface area contributed by atoms with Crippen molar-refractivity contribution < 1.29 is 27.1 Å². The molecule has 1 aromatic carbocycles. The van der Waals surface area contributed by atoms with Gasteiger partial charge in [0.1, 0.15) is 5.82 Å². The van der Waals surface area contributed by atoms with Gasteiger partial charge in [-0.05, 0) is 35.6 Å². The van der Waals surface area contributed by atoms with Crippen molar-refractivity contribution in [3.05, 3.63) is 52.0 Å². The number of rotatable bonds is 0. The number of amides is 1. The number of carbonyl (C=O) groups excluding carboxylic acids is 1. The highest BCUT2D eigenvalue weighted by Crippen LogP contribution is 2.47. The lowest BCUT2D eigenvalue weighted by Crippen LogP contribution is -2.49.